The first-order valence-electron chi connectivity index (χ1n) is 8.48. The zero-order valence-corrected chi connectivity index (χ0v) is 14.6. The molecule has 0 saturated carbocycles. The van der Waals surface area contributed by atoms with Gasteiger partial charge in [-0.3, -0.25) is 9.89 Å². The van der Waals surface area contributed by atoms with Crippen molar-refractivity contribution in [3.05, 3.63) is 65.4 Å². The number of para-hydroxylation sites is 1. The SMILES string of the molecule is CCOc1ccc(-c2n[nH]c3c2[C@@H](c2ccccc2OC)NC3=O)cc1. The molecule has 0 fully saturated rings. The number of carbonyl (C=O) groups is 1. The Balaban J connectivity index is 1.79. The van der Waals surface area contributed by atoms with Gasteiger partial charge < -0.3 is 14.8 Å². The fourth-order valence-corrected chi connectivity index (χ4v) is 3.31. The van der Waals surface area contributed by atoms with Crippen LogP contribution in [0, 0.1) is 0 Å². The first kappa shape index (κ1) is 16.2. The zero-order chi connectivity index (χ0) is 18.1. The molecule has 0 aliphatic carbocycles. The largest absolute Gasteiger partial charge is 0.496 e. The third kappa shape index (κ3) is 2.60. The third-order valence-corrected chi connectivity index (χ3v) is 4.48. The van der Waals surface area contributed by atoms with E-state index in [0.717, 1.165) is 33.9 Å². The van der Waals surface area contributed by atoms with Gasteiger partial charge >= 0.3 is 0 Å². The highest BCUT2D eigenvalue weighted by atomic mass is 16.5. The minimum atomic E-state index is -0.311. The van der Waals surface area contributed by atoms with E-state index < -0.39 is 0 Å². The third-order valence-electron chi connectivity index (χ3n) is 4.48. The number of aromatic amines is 1. The topological polar surface area (TPSA) is 76.2 Å². The molecule has 2 heterocycles. The summed E-state index contributed by atoms with van der Waals surface area (Å²) < 4.78 is 11.0. The number of nitrogens with zero attached hydrogens (tertiary/aromatic N) is 1. The molecule has 1 atom stereocenters. The van der Waals surface area contributed by atoms with Gasteiger partial charge in [-0.1, -0.05) is 18.2 Å². The second-order valence-electron chi connectivity index (χ2n) is 5.97. The Hall–Kier alpha value is -3.28. The molecule has 6 heteroatoms. The Kier molecular flexibility index (Phi) is 4.08. The number of hydrogen-bond donors (Lipinski definition) is 2. The number of rotatable bonds is 5. The zero-order valence-electron chi connectivity index (χ0n) is 14.6. The second-order valence-corrected chi connectivity index (χ2v) is 5.97. The van der Waals surface area contributed by atoms with Gasteiger partial charge in [0, 0.05) is 16.7 Å². The fraction of sp³-hybridized carbons (Fsp3) is 0.200. The van der Waals surface area contributed by atoms with Gasteiger partial charge in [0.05, 0.1) is 25.5 Å². The van der Waals surface area contributed by atoms with E-state index >= 15 is 0 Å². The molecule has 0 unspecified atom stereocenters. The Labute approximate surface area is 151 Å². The maximum atomic E-state index is 12.4. The van der Waals surface area contributed by atoms with Gasteiger partial charge in [-0.25, -0.2) is 0 Å². The van der Waals surface area contributed by atoms with Crippen molar-refractivity contribution < 1.29 is 14.3 Å². The maximum absolute atomic E-state index is 12.4. The first-order chi connectivity index (χ1) is 12.7. The predicted octanol–water partition coefficient (Wildman–Crippen LogP) is 3.32. The number of aromatic nitrogens is 2. The molecule has 2 aromatic carbocycles. The molecule has 4 rings (SSSR count). The Bertz CT molecular complexity index is 947. The van der Waals surface area contributed by atoms with Crippen LogP contribution in [0.5, 0.6) is 11.5 Å². The van der Waals surface area contributed by atoms with E-state index in [-0.39, 0.29) is 11.9 Å². The fourth-order valence-electron chi connectivity index (χ4n) is 3.31. The Morgan fingerprint density at radius 3 is 2.62 bits per heavy atom. The quantitative estimate of drug-likeness (QED) is 0.741. The van der Waals surface area contributed by atoms with Crippen molar-refractivity contribution in [1.82, 2.24) is 15.5 Å². The van der Waals surface area contributed by atoms with E-state index in [0.29, 0.717) is 12.3 Å². The molecule has 0 radical (unpaired) electrons. The number of hydrogen-bond acceptors (Lipinski definition) is 4. The second kappa shape index (κ2) is 6.55. The van der Waals surface area contributed by atoms with Crippen LogP contribution >= 0.6 is 0 Å². The summed E-state index contributed by atoms with van der Waals surface area (Å²) in [7, 11) is 1.62. The van der Waals surface area contributed by atoms with Crippen LogP contribution in [-0.4, -0.2) is 29.8 Å². The minimum absolute atomic E-state index is 0.166. The smallest absolute Gasteiger partial charge is 0.270 e. The van der Waals surface area contributed by atoms with Crippen molar-refractivity contribution in [3.63, 3.8) is 0 Å². The summed E-state index contributed by atoms with van der Waals surface area (Å²) in [5.41, 5.74) is 3.89. The minimum Gasteiger partial charge on any atom is -0.496 e. The average molecular weight is 349 g/mol. The van der Waals surface area contributed by atoms with Crippen molar-refractivity contribution in [2.75, 3.05) is 13.7 Å². The first-order valence-corrected chi connectivity index (χ1v) is 8.48. The monoisotopic (exact) mass is 349 g/mol. The van der Waals surface area contributed by atoms with Crippen LogP contribution in [0.25, 0.3) is 11.3 Å². The van der Waals surface area contributed by atoms with Crippen LogP contribution in [0.3, 0.4) is 0 Å². The Morgan fingerprint density at radius 1 is 1.12 bits per heavy atom. The average Bonchev–Trinajstić information content (AvgIpc) is 3.24. The van der Waals surface area contributed by atoms with Gasteiger partial charge in [0.15, 0.2) is 0 Å². The molecule has 1 aromatic heterocycles. The number of ether oxygens (including phenoxy) is 2. The van der Waals surface area contributed by atoms with Gasteiger partial charge in [-0.15, -0.1) is 0 Å². The lowest BCUT2D eigenvalue weighted by Crippen LogP contribution is -2.21. The summed E-state index contributed by atoms with van der Waals surface area (Å²) in [4.78, 5) is 12.4. The molecule has 0 saturated heterocycles. The van der Waals surface area contributed by atoms with E-state index in [9.17, 15) is 4.79 Å². The number of nitrogens with one attached hydrogen (secondary N) is 2. The highest BCUT2D eigenvalue weighted by Gasteiger charge is 2.36. The summed E-state index contributed by atoms with van der Waals surface area (Å²) in [5.74, 6) is 1.36. The van der Waals surface area contributed by atoms with Crippen molar-refractivity contribution in [3.8, 4) is 22.8 Å². The molecular weight excluding hydrogens is 330 g/mol. The van der Waals surface area contributed by atoms with Crippen LogP contribution in [0.15, 0.2) is 48.5 Å². The maximum Gasteiger partial charge on any atom is 0.270 e. The van der Waals surface area contributed by atoms with E-state index in [4.69, 9.17) is 9.47 Å². The molecule has 0 spiro atoms. The lowest BCUT2D eigenvalue weighted by atomic mass is 9.96. The number of fused-ring (bicyclic) bond motifs is 1. The van der Waals surface area contributed by atoms with Crippen molar-refractivity contribution in [2.24, 2.45) is 0 Å². The summed E-state index contributed by atoms with van der Waals surface area (Å²) >= 11 is 0. The molecule has 1 aliphatic rings. The highest BCUT2D eigenvalue weighted by molar-refractivity contribution is 6.00. The van der Waals surface area contributed by atoms with E-state index in [1.807, 2.05) is 55.5 Å². The number of carbonyl (C=O) groups excluding carboxylic acids is 1. The standard InChI is InChI=1S/C20H19N3O3/c1-3-26-13-10-8-12(9-11-13)17-16-18(21-20(24)19(16)23-22-17)14-6-4-5-7-15(14)25-2/h4-11,18H,3H2,1-2H3,(H,21,24)(H,22,23)/t18-/m1/s1. The molecule has 1 aliphatic heterocycles. The van der Waals surface area contributed by atoms with Crippen LogP contribution in [0.1, 0.15) is 34.6 Å². The highest BCUT2D eigenvalue weighted by Crippen LogP contribution is 2.40. The molecular formula is C20H19N3O3. The van der Waals surface area contributed by atoms with Crippen LogP contribution in [0.4, 0.5) is 0 Å². The van der Waals surface area contributed by atoms with Crippen molar-refractivity contribution in [1.29, 1.82) is 0 Å². The van der Waals surface area contributed by atoms with Crippen molar-refractivity contribution in [2.45, 2.75) is 13.0 Å². The summed E-state index contributed by atoms with van der Waals surface area (Å²) in [6.45, 7) is 2.56. The Morgan fingerprint density at radius 2 is 1.88 bits per heavy atom. The molecule has 1 amide bonds. The van der Waals surface area contributed by atoms with E-state index in [2.05, 4.69) is 15.5 Å². The normalized spacial score (nSPS) is 15.5. The number of benzene rings is 2. The van der Waals surface area contributed by atoms with Gasteiger partial charge in [0.2, 0.25) is 0 Å². The van der Waals surface area contributed by atoms with Gasteiger partial charge in [0.25, 0.3) is 5.91 Å². The summed E-state index contributed by atoms with van der Waals surface area (Å²) in [6, 6.07) is 15.1. The lowest BCUT2D eigenvalue weighted by Gasteiger charge is -2.16. The predicted molar refractivity (Wildman–Crippen MR) is 97.5 cm³/mol. The van der Waals surface area contributed by atoms with Crippen LogP contribution < -0.4 is 14.8 Å². The summed E-state index contributed by atoms with van der Waals surface area (Å²) in [6.07, 6.45) is 0. The summed E-state index contributed by atoms with van der Waals surface area (Å²) in [5, 5.41) is 10.3. The number of H-pyrrole nitrogens is 1. The van der Waals surface area contributed by atoms with E-state index in [1.54, 1.807) is 7.11 Å². The van der Waals surface area contributed by atoms with Gasteiger partial charge in [-0.05, 0) is 37.3 Å². The number of methoxy groups -OCH3 is 1. The van der Waals surface area contributed by atoms with Crippen LogP contribution in [-0.2, 0) is 0 Å². The van der Waals surface area contributed by atoms with Gasteiger partial charge in [0.1, 0.15) is 17.2 Å². The molecule has 2 N–H and O–H groups in total. The molecule has 3 aromatic rings. The van der Waals surface area contributed by atoms with Crippen molar-refractivity contribution >= 4 is 5.91 Å². The van der Waals surface area contributed by atoms with E-state index in [1.165, 1.54) is 0 Å². The van der Waals surface area contributed by atoms with Crippen LogP contribution in [0.2, 0.25) is 0 Å². The molecule has 0 bridgehead atoms. The lowest BCUT2D eigenvalue weighted by molar-refractivity contribution is 0.0955. The molecule has 132 valence electrons. The molecule has 6 nitrogen and oxygen atoms in total. The molecule has 26 heavy (non-hydrogen) atoms. The number of amides is 1. The van der Waals surface area contributed by atoms with Gasteiger partial charge in [-0.2, -0.15) is 5.10 Å².